The Morgan fingerprint density at radius 1 is 0.707 bits per heavy atom. The normalized spacial score (nSPS) is 26.8. The van der Waals surface area contributed by atoms with E-state index in [-0.39, 0.29) is 11.6 Å². The van der Waals surface area contributed by atoms with Gasteiger partial charge in [0, 0.05) is 27.9 Å². The Morgan fingerprint density at radius 2 is 1.20 bits per heavy atom. The second-order valence-electron chi connectivity index (χ2n) is 10.9. The number of rotatable bonds is 6. The molecule has 4 atom stereocenters. The number of hydrogen-bond acceptors (Lipinski definition) is 5. The number of ketones is 2. The van der Waals surface area contributed by atoms with Gasteiger partial charge in [0.05, 0.1) is 6.04 Å². The van der Waals surface area contributed by atoms with Gasteiger partial charge in [-0.05, 0) is 16.7 Å². The highest BCUT2D eigenvalue weighted by atomic mass is 16.4. The molecule has 1 spiro atoms. The van der Waals surface area contributed by atoms with Crippen LogP contribution in [0, 0.1) is 0 Å². The molecule has 0 aromatic heterocycles. The largest absolute Gasteiger partial charge is 0.480 e. The molecule has 1 saturated carbocycles. The molecule has 4 aromatic carbocycles. The van der Waals surface area contributed by atoms with Crippen LogP contribution < -0.4 is 10.6 Å². The zero-order valence-electron chi connectivity index (χ0n) is 21.9. The Hall–Kier alpha value is -4.88. The molecule has 3 N–H and O–H groups in total. The lowest BCUT2D eigenvalue weighted by atomic mass is 9.68. The lowest BCUT2D eigenvalue weighted by Gasteiger charge is -2.35. The summed E-state index contributed by atoms with van der Waals surface area (Å²) in [5.74, 6) is -3.00. The summed E-state index contributed by atoms with van der Waals surface area (Å²) in [5, 5.41) is 15.2. The fraction of sp³-hybridized carbons (Fsp3) is 0.176. The number of fused-ring (bicyclic) bond motifs is 3. The first-order valence-electron chi connectivity index (χ1n) is 13.5. The maximum atomic E-state index is 14.7. The van der Waals surface area contributed by atoms with Crippen LogP contribution in [-0.2, 0) is 20.4 Å². The zero-order valence-corrected chi connectivity index (χ0v) is 21.9. The third kappa shape index (κ3) is 2.96. The average molecular weight is 543 g/mol. The number of aliphatic carboxylic acids is 1. The number of carbonyl (C=O) groups excluding carboxylic acids is 3. The van der Waals surface area contributed by atoms with Crippen LogP contribution in [0.3, 0.4) is 0 Å². The molecule has 0 bridgehead atoms. The van der Waals surface area contributed by atoms with Gasteiger partial charge in [-0.3, -0.25) is 24.5 Å². The number of nitrogens with one attached hydrogen (secondary N) is 2. The minimum atomic E-state index is -1.81. The van der Waals surface area contributed by atoms with E-state index in [0.717, 1.165) is 16.7 Å². The highest BCUT2D eigenvalue weighted by Crippen LogP contribution is 2.84. The van der Waals surface area contributed by atoms with Crippen molar-refractivity contribution in [1.82, 2.24) is 10.6 Å². The van der Waals surface area contributed by atoms with E-state index in [2.05, 4.69) is 10.6 Å². The smallest absolute Gasteiger partial charge is 0.322 e. The van der Waals surface area contributed by atoms with Gasteiger partial charge in [0.15, 0.2) is 17.1 Å². The molecule has 41 heavy (non-hydrogen) atoms. The summed E-state index contributed by atoms with van der Waals surface area (Å²) in [7, 11) is 0. The summed E-state index contributed by atoms with van der Waals surface area (Å²) in [6.45, 7) is -0.592. The van der Waals surface area contributed by atoms with Crippen LogP contribution in [0.5, 0.6) is 0 Å². The highest BCUT2D eigenvalue weighted by molar-refractivity contribution is 6.35. The van der Waals surface area contributed by atoms with Crippen molar-refractivity contribution < 1.29 is 24.3 Å². The van der Waals surface area contributed by atoms with Crippen LogP contribution in [0.15, 0.2) is 115 Å². The second-order valence-corrected chi connectivity index (χ2v) is 10.9. The molecule has 0 radical (unpaired) electrons. The van der Waals surface area contributed by atoms with E-state index in [1.54, 1.807) is 24.3 Å². The molecular weight excluding hydrogens is 516 g/mol. The molecule has 1 amide bonds. The van der Waals surface area contributed by atoms with Gasteiger partial charge in [-0.1, -0.05) is 115 Å². The Kier molecular flexibility index (Phi) is 5.40. The van der Waals surface area contributed by atoms with Crippen LogP contribution in [0.1, 0.15) is 43.3 Å². The number of carboxylic acid groups (broad SMARTS) is 1. The second kappa shape index (κ2) is 8.81. The van der Waals surface area contributed by atoms with Crippen molar-refractivity contribution in [3.63, 3.8) is 0 Å². The number of carbonyl (C=O) groups is 4. The monoisotopic (exact) mass is 542 g/mol. The van der Waals surface area contributed by atoms with Crippen LogP contribution in [0.2, 0.25) is 0 Å². The summed E-state index contributed by atoms with van der Waals surface area (Å²) < 4.78 is 0. The first-order valence-corrected chi connectivity index (χ1v) is 13.5. The minimum absolute atomic E-state index is 0.313. The Morgan fingerprint density at radius 3 is 1.73 bits per heavy atom. The first-order chi connectivity index (χ1) is 19.9. The van der Waals surface area contributed by atoms with Gasteiger partial charge in [0.1, 0.15) is 6.54 Å². The molecule has 3 aliphatic rings. The van der Waals surface area contributed by atoms with Gasteiger partial charge >= 0.3 is 5.97 Å². The molecule has 7 nitrogen and oxygen atoms in total. The molecule has 1 unspecified atom stereocenters. The van der Waals surface area contributed by atoms with E-state index in [0.29, 0.717) is 11.1 Å². The Balaban J connectivity index is 1.60. The van der Waals surface area contributed by atoms with Crippen molar-refractivity contribution in [1.29, 1.82) is 0 Å². The van der Waals surface area contributed by atoms with Gasteiger partial charge < -0.3 is 10.4 Å². The fourth-order valence-electron chi connectivity index (χ4n) is 8.03. The molecular formula is C34H26N2O5. The lowest BCUT2D eigenvalue weighted by molar-refractivity contribution is -0.138. The summed E-state index contributed by atoms with van der Waals surface area (Å²) in [4.78, 5) is 55.0. The molecule has 7 rings (SSSR count). The minimum Gasteiger partial charge on any atom is -0.480 e. The average Bonchev–Trinajstić information content (AvgIpc) is 3.49. The van der Waals surface area contributed by atoms with E-state index in [4.69, 9.17) is 0 Å². The third-order valence-corrected chi connectivity index (χ3v) is 9.25. The van der Waals surface area contributed by atoms with E-state index >= 15 is 0 Å². The van der Waals surface area contributed by atoms with E-state index in [1.807, 2.05) is 91.0 Å². The summed E-state index contributed by atoms with van der Waals surface area (Å²) in [5.41, 5.74) is -1.06. The predicted molar refractivity (Wildman–Crippen MR) is 151 cm³/mol. The topological polar surface area (TPSA) is 113 Å². The zero-order chi connectivity index (χ0) is 28.4. The Labute approximate surface area is 236 Å². The highest BCUT2D eigenvalue weighted by Gasteiger charge is 2.95. The summed E-state index contributed by atoms with van der Waals surface area (Å²) in [6, 6.07) is 34.3. The van der Waals surface area contributed by atoms with E-state index in [1.165, 1.54) is 0 Å². The Bertz CT molecular complexity index is 1690. The van der Waals surface area contributed by atoms with Crippen molar-refractivity contribution >= 4 is 23.4 Å². The standard InChI is InChI=1S/C34H26N2O5/c37-26(38)20-35-31(41)28-32(22-14-6-2-7-15-22)27(21-12-4-1-5-13-21)33(32,23-16-8-3-9-17-23)34(36-28)29(39)24-18-10-11-19-25(24)30(34)40/h1-19,27-28,36H,20H2,(H,35,41)(H,37,38)/t27?,28-,32-,33-/m1/s1. The SMILES string of the molecule is O=C(O)CNC(=O)[C@H]1NC2(C(=O)c3ccccc3C2=O)[C@]2(c3ccccc3)C(c3ccccc3)[C@]12c1ccccc1. The summed E-state index contributed by atoms with van der Waals surface area (Å²) >= 11 is 0. The van der Waals surface area contributed by atoms with Crippen LogP contribution in [0.4, 0.5) is 0 Å². The van der Waals surface area contributed by atoms with Gasteiger partial charge in [0.25, 0.3) is 0 Å². The molecule has 1 aliphatic heterocycles. The van der Waals surface area contributed by atoms with Gasteiger partial charge in [0.2, 0.25) is 5.91 Å². The van der Waals surface area contributed by atoms with Gasteiger partial charge in [-0.25, -0.2) is 0 Å². The molecule has 1 saturated heterocycles. The van der Waals surface area contributed by atoms with Crippen molar-refractivity contribution in [2.45, 2.75) is 28.3 Å². The quantitative estimate of drug-likeness (QED) is 0.321. The van der Waals surface area contributed by atoms with Gasteiger partial charge in [-0.15, -0.1) is 0 Å². The predicted octanol–water partition coefficient (Wildman–Crippen LogP) is 3.65. The number of hydrogen-bond donors (Lipinski definition) is 3. The molecule has 2 fully saturated rings. The van der Waals surface area contributed by atoms with Crippen LogP contribution in [0.25, 0.3) is 0 Å². The third-order valence-electron chi connectivity index (χ3n) is 9.25. The number of carboxylic acids is 1. The first kappa shape index (κ1) is 25.1. The van der Waals surface area contributed by atoms with Crippen molar-refractivity contribution in [2.24, 2.45) is 0 Å². The number of benzene rings is 4. The lowest BCUT2D eigenvalue weighted by Crippen LogP contribution is -2.63. The van der Waals surface area contributed by atoms with Gasteiger partial charge in [-0.2, -0.15) is 0 Å². The molecule has 2 aliphatic carbocycles. The van der Waals surface area contributed by atoms with E-state index in [9.17, 15) is 24.3 Å². The maximum Gasteiger partial charge on any atom is 0.322 e. The molecule has 7 heteroatoms. The van der Waals surface area contributed by atoms with Crippen molar-refractivity contribution in [2.75, 3.05) is 6.54 Å². The number of amides is 1. The maximum absolute atomic E-state index is 14.7. The van der Waals surface area contributed by atoms with Crippen molar-refractivity contribution in [3.05, 3.63) is 143 Å². The number of Topliss-reactive ketones (excluding diaryl/α,β-unsaturated/α-hetero) is 2. The van der Waals surface area contributed by atoms with Crippen LogP contribution in [-0.4, -0.2) is 46.7 Å². The molecule has 4 aromatic rings. The summed E-state index contributed by atoms with van der Waals surface area (Å²) in [6.07, 6.45) is 0. The van der Waals surface area contributed by atoms with Crippen molar-refractivity contribution in [3.8, 4) is 0 Å². The van der Waals surface area contributed by atoms with Crippen LogP contribution >= 0.6 is 0 Å². The number of piperidine rings is 1. The fourth-order valence-corrected chi connectivity index (χ4v) is 8.03. The molecule has 1 heterocycles. The van der Waals surface area contributed by atoms with E-state index < -0.39 is 46.7 Å². The molecule has 202 valence electrons.